The fraction of sp³-hybridized carbons (Fsp3) is 0.385. The highest BCUT2D eigenvalue weighted by Gasteiger charge is 2.14. The number of nitrogens with zero attached hydrogens (tertiary/aromatic N) is 1. The molecule has 2 N–H and O–H groups in total. The summed E-state index contributed by atoms with van der Waals surface area (Å²) in [6.07, 6.45) is 0.502. The minimum atomic E-state index is -3.43. The van der Waals surface area contributed by atoms with E-state index in [9.17, 15) is 12.8 Å². The molecule has 0 amide bonds. The number of rotatable bonds is 5. The summed E-state index contributed by atoms with van der Waals surface area (Å²) in [5.41, 5.74) is 2.71. The summed E-state index contributed by atoms with van der Waals surface area (Å²) in [5, 5.41) is 0.798. The molecular weight excluding hydrogens is 281 g/mol. The van der Waals surface area contributed by atoms with E-state index >= 15 is 0 Å². The van der Waals surface area contributed by atoms with Gasteiger partial charge in [-0.1, -0.05) is 0 Å². The molecule has 0 fully saturated rings. The highest BCUT2D eigenvalue weighted by molar-refractivity contribution is 7.87. The summed E-state index contributed by atoms with van der Waals surface area (Å²) in [4.78, 5) is 3.17. The monoisotopic (exact) mass is 299 g/mol. The van der Waals surface area contributed by atoms with Crippen molar-refractivity contribution in [2.45, 2.75) is 13.3 Å². The molecule has 0 aliphatic heterocycles. The molecule has 2 rings (SSSR count). The standard InChI is InChI=1S/C13H18FN3O2S/c1-9-11(6-7-15-20(18,19)17(2)3)12-8-10(14)4-5-13(12)16-9/h4-5,8,15-16H,6-7H2,1-3H3. The van der Waals surface area contributed by atoms with E-state index in [1.165, 1.54) is 26.2 Å². The Labute approximate surface area is 118 Å². The topological polar surface area (TPSA) is 65.2 Å². The second-order valence-corrected chi connectivity index (χ2v) is 6.82. The maximum Gasteiger partial charge on any atom is 0.278 e. The van der Waals surface area contributed by atoms with Gasteiger partial charge in [-0.15, -0.1) is 0 Å². The molecule has 0 radical (unpaired) electrons. The summed E-state index contributed by atoms with van der Waals surface area (Å²) < 4.78 is 40.1. The number of benzene rings is 1. The lowest BCUT2D eigenvalue weighted by Crippen LogP contribution is -2.36. The number of aryl methyl sites for hydroxylation is 1. The van der Waals surface area contributed by atoms with Crippen LogP contribution in [-0.4, -0.2) is 38.3 Å². The van der Waals surface area contributed by atoms with Gasteiger partial charge in [0.05, 0.1) is 0 Å². The molecule has 0 saturated carbocycles. The summed E-state index contributed by atoms with van der Waals surface area (Å²) >= 11 is 0. The fourth-order valence-electron chi connectivity index (χ4n) is 2.11. The number of aromatic nitrogens is 1. The average Bonchev–Trinajstić information content (AvgIpc) is 2.65. The number of hydrogen-bond acceptors (Lipinski definition) is 2. The number of aromatic amines is 1. The van der Waals surface area contributed by atoms with Crippen LogP contribution in [0.2, 0.25) is 0 Å². The number of fused-ring (bicyclic) bond motifs is 1. The van der Waals surface area contributed by atoms with Crippen molar-refractivity contribution in [2.24, 2.45) is 0 Å². The molecule has 0 saturated heterocycles. The Morgan fingerprint density at radius 2 is 2.05 bits per heavy atom. The van der Waals surface area contributed by atoms with Crippen LogP contribution in [0.25, 0.3) is 10.9 Å². The molecule has 0 aliphatic carbocycles. The zero-order valence-electron chi connectivity index (χ0n) is 11.7. The van der Waals surface area contributed by atoms with Crippen molar-refractivity contribution < 1.29 is 12.8 Å². The van der Waals surface area contributed by atoms with E-state index in [4.69, 9.17) is 0 Å². The Bertz CT molecular complexity index is 723. The van der Waals surface area contributed by atoms with Gasteiger partial charge in [-0.3, -0.25) is 0 Å². The lowest BCUT2D eigenvalue weighted by atomic mass is 10.1. The minimum Gasteiger partial charge on any atom is -0.358 e. The maximum absolute atomic E-state index is 13.3. The number of halogens is 1. The van der Waals surface area contributed by atoms with Gasteiger partial charge in [0.25, 0.3) is 10.2 Å². The SMILES string of the molecule is Cc1[nH]c2ccc(F)cc2c1CCNS(=O)(=O)N(C)C. The van der Waals surface area contributed by atoms with Crippen molar-refractivity contribution in [3.63, 3.8) is 0 Å². The van der Waals surface area contributed by atoms with Crippen molar-refractivity contribution in [1.29, 1.82) is 0 Å². The van der Waals surface area contributed by atoms with Crippen molar-refractivity contribution in [3.05, 3.63) is 35.3 Å². The van der Waals surface area contributed by atoms with Gasteiger partial charge < -0.3 is 4.98 Å². The number of nitrogens with one attached hydrogen (secondary N) is 2. The molecule has 2 aromatic rings. The van der Waals surface area contributed by atoms with Crippen LogP contribution in [0.15, 0.2) is 18.2 Å². The average molecular weight is 299 g/mol. The highest BCUT2D eigenvalue weighted by atomic mass is 32.2. The number of hydrogen-bond donors (Lipinski definition) is 2. The first-order valence-corrected chi connectivity index (χ1v) is 7.69. The molecule has 20 heavy (non-hydrogen) atoms. The third-order valence-corrected chi connectivity index (χ3v) is 4.75. The molecule has 110 valence electrons. The van der Waals surface area contributed by atoms with E-state index in [1.807, 2.05) is 6.92 Å². The van der Waals surface area contributed by atoms with Gasteiger partial charge in [0, 0.05) is 37.2 Å². The van der Waals surface area contributed by atoms with Gasteiger partial charge in [0.1, 0.15) is 5.82 Å². The van der Waals surface area contributed by atoms with E-state index < -0.39 is 10.2 Å². The summed E-state index contributed by atoms with van der Waals surface area (Å²) in [5.74, 6) is -0.299. The van der Waals surface area contributed by atoms with Crippen molar-refractivity contribution in [2.75, 3.05) is 20.6 Å². The Morgan fingerprint density at radius 3 is 2.70 bits per heavy atom. The quantitative estimate of drug-likeness (QED) is 0.880. The second-order valence-electron chi connectivity index (χ2n) is 4.85. The van der Waals surface area contributed by atoms with E-state index in [1.54, 1.807) is 6.07 Å². The van der Waals surface area contributed by atoms with Gasteiger partial charge in [-0.2, -0.15) is 12.7 Å². The van der Waals surface area contributed by atoms with Crippen LogP contribution in [0.4, 0.5) is 4.39 Å². The summed E-state index contributed by atoms with van der Waals surface area (Å²) in [6, 6.07) is 4.55. The smallest absolute Gasteiger partial charge is 0.278 e. The predicted octanol–water partition coefficient (Wildman–Crippen LogP) is 1.55. The van der Waals surface area contributed by atoms with Crippen LogP contribution < -0.4 is 4.72 Å². The van der Waals surface area contributed by atoms with Crippen LogP contribution in [0.1, 0.15) is 11.3 Å². The van der Waals surface area contributed by atoms with Crippen LogP contribution in [0.5, 0.6) is 0 Å². The van der Waals surface area contributed by atoms with Crippen molar-refractivity contribution in [1.82, 2.24) is 14.0 Å². The fourth-order valence-corrected chi connectivity index (χ4v) is 2.73. The van der Waals surface area contributed by atoms with Crippen molar-refractivity contribution >= 4 is 21.1 Å². The summed E-state index contributed by atoms with van der Waals surface area (Å²) in [6.45, 7) is 2.17. The molecule has 1 aromatic carbocycles. The minimum absolute atomic E-state index is 0.269. The van der Waals surface area contributed by atoms with Crippen molar-refractivity contribution in [3.8, 4) is 0 Å². The van der Waals surface area contributed by atoms with Crippen LogP contribution in [0, 0.1) is 12.7 Å². The van der Waals surface area contributed by atoms with E-state index in [-0.39, 0.29) is 12.4 Å². The zero-order chi connectivity index (χ0) is 14.9. The maximum atomic E-state index is 13.3. The number of H-pyrrole nitrogens is 1. The molecule has 0 unspecified atom stereocenters. The third kappa shape index (κ3) is 3.00. The lowest BCUT2D eigenvalue weighted by Gasteiger charge is -2.12. The van der Waals surface area contributed by atoms with Gasteiger partial charge in [0.2, 0.25) is 0 Å². The third-order valence-electron chi connectivity index (χ3n) is 3.22. The molecule has 0 spiro atoms. The first-order chi connectivity index (χ1) is 9.31. The van der Waals surface area contributed by atoms with E-state index in [0.717, 1.165) is 26.5 Å². The molecule has 0 bridgehead atoms. The molecule has 0 atom stereocenters. The molecule has 5 nitrogen and oxygen atoms in total. The molecule has 7 heteroatoms. The molecule has 1 aromatic heterocycles. The van der Waals surface area contributed by atoms with Crippen LogP contribution >= 0.6 is 0 Å². The largest absolute Gasteiger partial charge is 0.358 e. The summed E-state index contributed by atoms with van der Waals surface area (Å²) in [7, 11) is -0.493. The zero-order valence-corrected chi connectivity index (χ0v) is 12.5. The Morgan fingerprint density at radius 1 is 1.35 bits per heavy atom. The van der Waals surface area contributed by atoms with Gasteiger partial charge in [-0.05, 0) is 37.1 Å². The predicted molar refractivity (Wildman–Crippen MR) is 77.3 cm³/mol. The Kier molecular flexibility index (Phi) is 4.12. The van der Waals surface area contributed by atoms with Crippen LogP contribution in [-0.2, 0) is 16.6 Å². The molecular formula is C13H18FN3O2S. The van der Waals surface area contributed by atoms with Gasteiger partial charge in [0.15, 0.2) is 0 Å². The Balaban J connectivity index is 2.18. The first-order valence-electron chi connectivity index (χ1n) is 6.25. The highest BCUT2D eigenvalue weighted by Crippen LogP contribution is 2.23. The first kappa shape index (κ1) is 15.0. The molecule has 0 aliphatic rings. The van der Waals surface area contributed by atoms with Crippen LogP contribution in [0.3, 0.4) is 0 Å². The van der Waals surface area contributed by atoms with Gasteiger partial charge >= 0.3 is 0 Å². The van der Waals surface area contributed by atoms with E-state index in [2.05, 4.69) is 9.71 Å². The van der Waals surface area contributed by atoms with E-state index in [0.29, 0.717) is 6.42 Å². The lowest BCUT2D eigenvalue weighted by molar-refractivity contribution is 0.506. The second kappa shape index (κ2) is 5.51. The molecule has 1 heterocycles. The Hall–Kier alpha value is -1.44. The normalized spacial score (nSPS) is 12.4. The van der Waals surface area contributed by atoms with Gasteiger partial charge in [-0.25, -0.2) is 9.11 Å².